The number of anilines is 1. The molecule has 4 heteroatoms. The maximum atomic E-state index is 13.6. The van der Waals surface area contributed by atoms with Crippen LogP contribution in [0.5, 0.6) is 0 Å². The van der Waals surface area contributed by atoms with E-state index in [0.717, 1.165) is 31.7 Å². The highest BCUT2D eigenvalue weighted by molar-refractivity contribution is 5.46. The minimum atomic E-state index is -1.14. The summed E-state index contributed by atoms with van der Waals surface area (Å²) in [5.41, 5.74) is 0.599. The van der Waals surface area contributed by atoms with Gasteiger partial charge in [-0.15, -0.1) is 0 Å². The highest BCUT2D eigenvalue weighted by Gasteiger charge is 2.37. The third kappa shape index (κ3) is 2.65. The molecule has 1 aromatic carbocycles. The van der Waals surface area contributed by atoms with Crippen molar-refractivity contribution in [1.29, 1.82) is 0 Å². The van der Waals surface area contributed by atoms with Gasteiger partial charge in [-0.25, -0.2) is 13.2 Å². The molecule has 0 amide bonds. The zero-order chi connectivity index (χ0) is 14.2. The van der Waals surface area contributed by atoms with Gasteiger partial charge in [0.15, 0.2) is 11.6 Å². The molecule has 0 saturated heterocycles. The summed E-state index contributed by atoms with van der Waals surface area (Å²) in [5, 5.41) is 3.04. The number of hydrogen-bond acceptors (Lipinski definition) is 1. The van der Waals surface area contributed by atoms with Crippen LogP contribution in [0.4, 0.5) is 18.9 Å². The molecule has 0 aliphatic heterocycles. The van der Waals surface area contributed by atoms with Crippen LogP contribution in [0.3, 0.4) is 0 Å². The summed E-state index contributed by atoms with van der Waals surface area (Å²) in [6.07, 6.45) is 9.59. The van der Waals surface area contributed by atoms with Crippen molar-refractivity contribution in [2.45, 2.75) is 57.4 Å². The Bertz CT molecular complexity index is 485. The Kier molecular flexibility index (Phi) is 3.65. The average molecular weight is 283 g/mol. The molecule has 2 aliphatic rings. The second-order valence-corrected chi connectivity index (χ2v) is 6.37. The van der Waals surface area contributed by atoms with Crippen molar-refractivity contribution in [1.82, 2.24) is 0 Å². The minimum absolute atomic E-state index is 0.0799. The molecule has 2 aliphatic carbocycles. The predicted octanol–water partition coefficient (Wildman–Crippen LogP) is 5.02. The second kappa shape index (κ2) is 5.30. The van der Waals surface area contributed by atoms with Gasteiger partial charge in [0, 0.05) is 18.2 Å². The van der Waals surface area contributed by atoms with Gasteiger partial charge >= 0.3 is 0 Å². The van der Waals surface area contributed by atoms with Crippen LogP contribution < -0.4 is 5.32 Å². The van der Waals surface area contributed by atoms with E-state index in [1.165, 1.54) is 25.7 Å². The Morgan fingerprint density at radius 3 is 2.10 bits per heavy atom. The van der Waals surface area contributed by atoms with Crippen LogP contribution in [0.25, 0.3) is 0 Å². The Morgan fingerprint density at radius 1 is 0.850 bits per heavy atom. The Morgan fingerprint density at radius 2 is 1.45 bits per heavy atom. The molecule has 0 bridgehead atoms. The van der Waals surface area contributed by atoms with Gasteiger partial charge in [-0.1, -0.05) is 12.8 Å². The number of hydrogen-bond donors (Lipinski definition) is 1. The molecule has 20 heavy (non-hydrogen) atoms. The Labute approximate surface area is 117 Å². The zero-order valence-corrected chi connectivity index (χ0v) is 11.5. The third-order valence-electron chi connectivity index (χ3n) is 5.08. The minimum Gasteiger partial charge on any atom is -0.380 e. The van der Waals surface area contributed by atoms with Gasteiger partial charge in [0.05, 0.1) is 5.69 Å². The molecule has 0 unspecified atom stereocenters. The summed E-state index contributed by atoms with van der Waals surface area (Å²) in [5.74, 6) is -2.86. The summed E-state index contributed by atoms with van der Waals surface area (Å²) < 4.78 is 39.7. The molecule has 0 heterocycles. The molecule has 2 saturated carbocycles. The lowest BCUT2D eigenvalue weighted by Crippen LogP contribution is -2.32. The van der Waals surface area contributed by atoms with Crippen LogP contribution in [-0.4, -0.2) is 6.04 Å². The van der Waals surface area contributed by atoms with E-state index in [0.29, 0.717) is 11.5 Å². The lowest BCUT2D eigenvalue weighted by atomic mass is 9.71. The van der Waals surface area contributed by atoms with Crippen LogP contribution in [0, 0.1) is 22.9 Å². The van der Waals surface area contributed by atoms with Crippen LogP contribution in [0.15, 0.2) is 12.1 Å². The van der Waals surface area contributed by atoms with E-state index in [1.807, 2.05) is 0 Å². The number of halogens is 3. The smallest absolute Gasteiger partial charge is 0.161 e. The molecule has 1 aromatic rings. The van der Waals surface area contributed by atoms with Crippen molar-refractivity contribution in [3.63, 3.8) is 0 Å². The molecule has 1 N–H and O–H groups in total. The van der Waals surface area contributed by atoms with Crippen LogP contribution >= 0.6 is 0 Å². The molecule has 3 rings (SSSR count). The molecule has 0 atom stereocenters. The number of rotatable bonds is 2. The van der Waals surface area contributed by atoms with Gasteiger partial charge in [0.25, 0.3) is 0 Å². The van der Waals surface area contributed by atoms with Gasteiger partial charge in [-0.05, 0) is 43.9 Å². The first-order chi connectivity index (χ1) is 9.58. The lowest BCUT2D eigenvalue weighted by Gasteiger charge is -2.37. The van der Waals surface area contributed by atoms with Gasteiger partial charge in [0.2, 0.25) is 0 Å². The summed E-state index contributed by atoms with van der Waals surface area (Å²) in [7, 11) is 0. The first-order valence-electron chi connectivity index (χ1n) is 7.49. The van der Waals surface area contributed by atoms with Crippen molar-refractivity contribution in [3.8, 4) is 0 Å². The fourth-order valence-corrected chi connectivity index (χ4v) is 3.85. The molecule has 110 valence electrons. The SMILES string of the molecule is Fc1cc(F)c(NC2CCC3(CCCC3)CC2)cc1F. The predicted molar refractivity (Wildman–Crippen MR) is 73.1 cm³/mol. The van der Waals surface area contributed by atoms with E-state index in [9.17, 15) is 13.2 Å². The third-order valence-corrected chi connectivity index (χ3v) is 5.08. The van der Waals surface area contributed by atoms with Crippen molar-refractivity contribution >= 4 is 5.69 Å². The van der Waals surface area contributed by atoms with E-state index < -0.39 is 17.5 Å². The van der Waals surface area contributed by atoms with Gasteiger partial charge in [-0.2, -0.15) is 0 Å². The van der Waals surface area contributed by atoms with Crippen LogP contribution in [-0.2, 0) is 0 Å². The van der Waals surface area contributed by atoms with E-state index in [2.05, 4.69) is 5.32 Å². The van der Waals surface area contributed by atoms with E-state index >= 15 is 0 Å². The van der Waals surface area contributed by atoms with E-state index in [-0.39, 0.29) is 11.7 Å². The maximum Gasteiger partial charge on any atom is 0.161 e. The highest BCUT2D eigenvalue weighted by Crippen LogP contribution is 2.49. The van der Waals surface area contributed by atoms with Gasteiger partial charge in [0.1, 0.15) is 5.82 Å². The monoisotopic (exact) mass is 283 g/mol. The molecule has 1 spiro atoms. The van der Waals surface area contributed by atoms with Gasteiger partial charge < -0.3 is 5.32 Å². The Balaban J connectivity index is 1.63. The maximum absolute atomic E-state index is 13.6. The number of nitrogens with one attached hydrogen (secondary N) is 1. The van der Waals surface area contributed by atoms with Crippen LogP contribution in [0.2, 0.25) is 0 Å². The molecular weight excluding hydrogens is 263 g/mol. The second-order valence-electron chi connectivity index (χ2n) is 6.37. The summed E-state index contributed by atoms with van der Waals surface area (Å²) in [6, 6.07) is 1.70. The van der Waals surface area contributed by atoms with Crippen molar-refractivity contribution in [2.75, 3.05) is 5.32 Å². The molecular formula is C16H20F3N. The average Bonchev–Trinajstić information content (AvgIpc) is 2.87. The zero-order valence-electron chi connectivity index (χ0n) is 11.5. The largest absolute Gasteiger partial charge is 0.380 e. The topological polar surface area (TPSA) is 12.0 Å². The number of benzene rings is 1. The lowest BCUT2D eigenvalue weighted by molar-refractivity contribution is 0.188. The summed E-state index contributed by atoms with van der Waals surface area (Å²) in [4.78, 5) is 0. The Hall–Kier alpha value is -1.19. The quantitative estimate of drug-likeness (QED) is 0.751. The standard InChI is InChI=1S/C16H20F3N/c17-12-9-14(19)15(10-13(12)18)20-11-3-7-16(8-4-11)5-1-2-6-16/h9-11,20H,1-8H2. The van der Waals surface area contributed by atoms with Crippen molar-refractivity contribution in [3.05, 3.63) is 29.6 Å². The summed E-state index contributed by atoms with van der Waals surface area (Å²) in [6.45, 7) is 0. The highest BCUT2D eigenvalue weighted by atomic mass is 19.2. The normalized spacial score (nSPS) is 22.4. The molecule has 2 fully saturated rings. The molecule has 0 aromatic heterocycles. The fourth-order valence-electron chi connectivity index (χ4n) is 3.85. The van der Waals surface area contributed by atoms with E-state index in [4.69, 9.17) is 0 Å². The van der Waals surface area contributed by atoms with Crippen LogP contribution in [0.1, 0.15) is 51.4 Å². The fraction of sp³-hybridized carbons (Fsp3) is 0.625. The molecule has 1 nitrogen and oxygen atoms in total. The molecule has 0 radical (unpaired) electrons. The van der Waals surface area contributed by atoms with Gasteiger partial charge in [-0.3, -0.25) is 0 Å². The summed E-state index contributed by atoms with van der Waals surface area (Å²) >= 11 is 0. The van der Waals surface area contributed by atoms with Crippen molar-refractivity contribution in [2.24, 2.45) is 5.41 Å². The van der Waals surface area contributed by atoms with Crippen molar-refractivity contribution < 1.29 is 13.2 Å². The first kappa shape index (κ1) is 13.8. The first-order valence-corrected chi connectivity index (χ1v) is 7.49. The van der Waals surface area contributed by atoms with E-state index in [1.54, 1.807) is 0 Å².